The van der Waals surface area contributed by atoms with E-state index in [0.717, 1.165) is 11.1 Å². The fraction of sp³-hybridized carbons (Fsp3) is 0.250. The van der Waals surface area contributed by atoms with Crippen molar-refractivity contribution in [2.45, 2.75) is 13.8 Å². The lowest BCUT2D eigenvalue weighted by Gasteiger charge is -2.01. The van der Waals surface area contributed by atoms with Gasteiger partial charge in [0.25, 0.3) is 0 Å². The molecule has 2 rings (SSSR count). The minimum absolute atomic E-state index is 0.0709. The lowest BCUT2D eigenvalue weighted by molar-refractivity contribution is 0.0940. The van der Waals surface area contributed by atoms with Gasteiger partial charge in [0, 0.05) is 18.0 Å². The van der Waals surface area contributed by atoms with Gasteiger partial charge in [-0.25, -0.2) is 0 Å². The lowest BCUT2D eigenvalue weighted by atomic mass is 10.3. The van der Waals surface area contributed by atoms with Crippen LogP contribution in [-0.2, 0) is 0 Å². The van der Waals surface area contributed by atoms with E-state index >= 15 is 0 Å². The highest BCUT2D eigenvalue weighted by Gasteiger charge is 2.13. The Morgan fingerprint density at radius 2 is 2.19 bits per heavy atom. The zero-order valence-corrected chi connectivity index (χ0v) is 9.97. The molecular formula is C12H10ClNO2. The predicted molar refractivity (Wildman–Crippen MR) is 62.2 cm³/mol. The SMILES string of the molecule is COc1c#cc2c(cc(C)n2C(C)=O)c1Cl. The van der Waals surface area contributed by atoms with Crippen molar-refractivity contribution in [1.82, 2.24) is 4.57 Å². The lowest BCUT2D eigenvalue weighted by Crippen LogP contribution is -2.06. The van der Waals surface area contributed by atoms with E-state index in [1.54, 1.807) is 4.57 Å². The summed E-state index contributed by atoms with van der Waals surface area (Å²) in [6.07, 6.45) is 0. The van der Waals surface area contributed by atoms with Crippen LogP contribution in [-0.4, -0.2) is 17.6 Å². The van der Waals surface area contributed by atoms with Crippen molar-refractivity contribution in [1.29, 1.82) is 0 Å². The molecule has 0 radical (unpaired) electrons. The molecule has 0 aliphatic rings. The summed E-state index contributed by atoms with van der Waals surface area (Å²) >= 11 is 6.13. The summed E-state index contributed by atoms with van der Waals surface area (Å²) < 4.78 is 6.60. The van der Waals surface area contributed by atoms with Crippen molar-refractivity contribution in [2.24, 2.45) is 0 Å². The summed E-state index contributed by atoms with van der Waals surface area (Å²) in [4.78, 5) is 11.5. The quantitative estimate of drug-likeness (QED) is 0.761. The highest BCUT2D eigenvalue weighted by atomic mass is 35.5. The Labute approximate surface area is 98.6 Å². The summed E-state index contributed by atoms with van der Waals surface area (Å²) in [7, 11) is 1.52. The second kappa shape index (κ2) is 3.73. The summed E-state index contributed by atoms with van der Waals surface area (Å²) in [5.41, 5.74) is 1.46. The predicted octanol–water partition coefficient (Wildman–Crippen LogP) is 2.87. The molecule has 4 heteroatoms. The van der Waals surface area contributed by atoms with Gasteiger partial charge in [0.15, 0.2) is 5.75 Å². The van der Waals surface area contributed by atoms with Crippen molar-refractivity contribution in [3.63, 3.8) is 0 Å². The van der Waals surface area contributed by atoms with Crippen LogP contribution in [0.3, 0.4) is 0 Å². The second-order valence-electron chi connectivity index (χ2n) is 3.50. The number of hydrogen-bond acceptors (Lipinski definition) is 2. The number of fused-ring (bicyclic) bond motifs is 1. The molecule has 0 saturated carbocycles. The summed E-state index contributed by atoms with van der Waals surface area (Å²) in [5.74, 6) is 0.369. The van der Waals surface area contributed by atoms with Crippen LogP contribution >= 0.6 is 11.6 Å². The topological polar surface area (TPSA) is 31.2 Å². The van der Waals surface area contributed by atoms with Crippen LogP contribution in [0.25, 0.3) is 10.9 Å². The molecular weight excluding hydrogens is 226 g/mol. The Morgan fingerprint density at radius 1 is 1.50 bits per heavy atom. The van der Waals surface area contributed by atoms with Crippen molar-refractivity contribution in [3.8, 4) is 5.75 Å². The molecule has 0 aliphatic carbocycles. The van der Waals surface area contributed by atoms with E-state index in [1.165, 1.54) is 14.0 Å². The minimum Gasteiger partial charge on any atom is -0.487 e. The number of ether oxygens (including phenoxy) is 1. The average Bonchev–Trinajstić information content (AvgIpc) is 2.56. The maximum absolute atomic E-state index is 11.5. The van der Waals surface area contributed by atoms with Crippen LogP contribution in [0.5, 0.6) is 5.75 Å². The van der Waals surface area contributed by atoms with E-state index < -0.39 is 0 Å². The third-order valence-corrected chi connectivity index (χ3v) is 2.81. The van der Waals surface area contributed by atoms with Gasteiger partial charge in [0.05, 0.1) is 7.11 Å². The molecule has 0 atom stereocenters. The normalized spacial score (nSPS) is 10.2. The number of methoxy groups -OCH3 is 1. The minimum atomic E-state index is -0.0709. The molecule has 2 aromatic rings. The zero-order valence-electron chi connectivity index (χ0n) is 9.22. The van der Waals surface area contributed by atoms with Gasteiger partial charge in [-0.3, -0.25) is 9.36 Å². The highest BCUT2D eigenvalue weighted by molar-refractivity contribution is 6.36. The van der Waals surface area contributed by atoms with Gasteiger partial charge >= 0.3 is 0 Å². The Bertz CT molecular complexity index is 572. The van der Waals surface area contributed by atoms with Crippen molar-refractivity contribution < 1.29 is 9.53 Å². The van der Waals surface area contributed by atoms with Crippen LogP contribution in [0.15, 0.2) is 6.07 Å². The number of nitrogens with zero attached hydrogens (tertiary/aromatic N) is 1. The number of rotatable bonds is 1. The maximum atomic E-state index is 11.5. The smallest absolute Gasteiger partial charge is 0.228 e. The van der Waals surface area contributed by atoms with E-state index in [2.05, 4.69) is 12.1 Å². The first-order valence-electron chi connectivity index (χ1n) is 4.75. The molecule has 0 N–H and O–H groups in total. The Kier molecular flexibility index (Phi) is 2.53. The number of halogens is 1. The fourth-order valence-electron chi connectivity index (χ4n) is 1.77. The first kappa shape index (κ1) is 10.8. The maximum Gasteiger partial charge on any atom is 0.228 e. The Balaban J connectivity index is 2.84. The van der Waals surface area contributed by atoms with Gasteiger partial charge in [-0.05, 0) is 25.1 Å². The van der Waals surface area contributed by atoms with Crippen LogP contribution in [0.4, 0.5) is 0 Å². The average molecular weight is 236 g/mol. The summed E-state index contributed by atoms with van der Waals surface area (Å²) in [6, 6.07) is 7.51. The van der Waals surface area contributed by atoms with Crippen LogP contribution < -0.4 is 4.74 Å². The summed E-state index contributed by atoms with van der Waals surface area (Å²) in [5, 5.41) is 1.21. The second-order valence-corrected chi connectivity index (χ2v) is 3.88. The van der Waals surface area contributed by atoms with Crippen LogP contribution in [0, 0.1) is 19.1 Å². The molecule has 3 nitrogen and oxygen atoms in total. The molecule has 82 valence electrons. The third kappa shape index (κ3) is 1.43. The van der Waals surface area contributed by atoms with Gasteiger partial charge < -0.3 is 4.74 Å². The van der Waals surface area contributed by atoms with Gasteiger partial charge in [0.1, 0.15) is 10.5 Å². The molecule has 1 aromatic heterocycles. The zero-order chi connectivity index (χ0) is 11.9. The first-order valence-corrected chi connectivity index (χ1v) is 5.13. The van der Waals surface area contributed by atoms with Crippen molar-refractivity contribution in [3.05, 3.63) is 28.9 Å². The van der Waals surface area contributed by atoms with E-state index in [1.807, 2.05) is 13.0 Å². The number of aryl methyl sites for hydroxylation is 1. The molecule has 1 aromatic carbocycles. The molecule has 0 spiro atoms. The molecule has 0 fully saturated rings. The van der Waals surface area contributed by atoms with Crippen molar-refractivity contribution >= 4 is 28.4 Å². The molecule has 16 heavy (non-hydrogen) atoms. The van der Waals surface area contributed by atoms with E-state index in [4.69, 9.17) is 16.3 Å². The van der Waals surface area contributed by atoms with Gasteiger partial charge in [-0.1, -0.05) is 11.6 Å². The summed E-state index contributed by atoms with van der Waals surface area (Å²) in [6.45, 7) is 3.34. The molecule has 1 heterocycles. The molecule has 0 saturated heterocycles. The van der Waals surface area contributed by atoms with Gasteiger partial charge in [0.2, 0.25) is 5.91 Å². The van der Waals surface area contributed by atoms with E-state index in [-0.39, 0.29) is 5.91 Å². The Hall–Kier alpha value is -1.66. The van der Waals surface area contributed by atoms with Gasteiger partial charge in [-0.2, -0.15) is 0 Å². The van der Waals surface area contributed by atoms with Crippen molar-refractivity contribution in [2.75, 3.05) is 7.11 Å². The fourth-order valence-corrected chi connectivity index (χ4v) is 2.04. The molecule has 0 unspecified atom stereocenters. The number of aromatic nitrogens is 1. The third-order valence-electron chi connectivity index (χ3n) is 2.43. The Morgan fingerprint density at radius 3 is 2.75 bits per heavy atom. The van der Waals surface area contributed by atoms with Crippen LogP contribution in [0.1, 0.15) is 17.4 Å². The molecule has 0 aliphatic heterocycles. The number of carbonyl (C=O) groups is 1. The van der Waals surface area contributed by atoms with E-state index in [0.29, 0.717) is 16.3 Å². The standard InChI is InChI=1S/C12H10ClNO2/c1-7-6-9-10(14(7)8(2)15)4-5-11(16-3)12(9)13/h6H,1-3H3. The number of hydrogen-bond donors (Lipinski definition) is 0. The highest BCUT2D eigenvalue weighted by Crippen LogP contribution is 2.31. The monoisotopic (exact) mass is 235 g/mol. The van der Waals surface area contributed by atoms with Crippen LogP contribution in [0.2, 0.25) is 5.02 Å². The van der Waals surface area contributed by atoms with Gasteiger partial charge in [-0.15, -0.1) is 0 Å². The van der Waals surface area contributed by atoms with E-state index in [9.17, 15) is 4.79 Å². The molecule has 0 amide bonds. The largest absolute Gasteiger partial charge is 0.487 e. The first-order chi connectivity index (χ1) is 7.56. The number of carbonyl (C=O) groups excluding carboxylic acids is 1. The molecule has 0 bridgehead atoms.